The average molecular weight is 268 g/mol. The summed E-state index contributed by atoms with van der Waals surface area (Å²) in [5.74, 6) is -1.95. The van der Waals surface area contributed by atoms with Crippen molar-refractivity contribution in [2.45, 2.75) is 25.8 Å². The summed E-state index contributed by atoms with van der Waals surface area (Å²) in [6, 6.07) is -0.810. The van der Waals surface area contributed by atoms with Gasteiger partial charge in [0.2, 0.25) is 5.91 Å². The Morgan fingerprint density at radius 3 is 2.79 bits per heavy atom. The zero-order chi connectivity index (χ0) is 14.3. The molecule has 0 saturated heterocycles. The Kier molecular flexibility index (Phi) is 5.68. The number of imidazole rings is 1. The van der Waals surface area contributed by atoms with E-state index in [9.17, 15) is 14.4 Å². The van der Waals surface area contributed by atoms with Crippen molar-refractivity contribution in [1.82, 2.24) is 15.3 Å². The van der Waals surface area contributed by atoms with Gasteiger partial charge in [-0.1, -0.05) is 6.92 Å². The van der Waals surface area contributed by atoms with E-state index in [0.717, 1.165) is 0 Å². The monoisotopic (exact) mass is 268 g/mol. The summed E-state index contributed by atoms with van der Waals surface area (Å²) in [5.41, 5.74) is 6.36. The van der Waals surface area contributed by atoms with Crippen LogP contribution in [0, 0.1) is 0 Å². The second-order valence-electron chi connectivity index (χ2n) is 3.80. The van der Waals surface area contributed by atoms with Crippen LogP contribution < -0.4 is 11.1 Å². The fraction of sp³-hybridized carbons (Fsp3) is 0.455. The lowest BCUT2D eigenvalue weighted by Gasteiger charge is -2.10. The number of aromatic nitrogens is 2. The van der Waals surface area contributed by atoms with Gasteiger partial charge in [-0.05, 0) is 0 Å². The second-order valence-corrected chi connectivity index (χ2v) is 3.80. The van der Waals surface area contributed by atoms with Gasteiger partial charge < -0.3 is 20.8 Å². The highest BCUT2D eigenvalue weighted by atomic mass is 16.6. The molecule has 0 radical (unpaired) electrons. The molecule has 0 aromatic carbocycles. The fourth-order valence-corrected chi connectivity index (χ4v) is 1.25. The smallest absolute Gasteiger partial charge is 0.333 e. The molecule has 0 fully saturated rings. The number of rotatable bonds is 6. The number of hydrogen-bond acceptors (Lipinski definition) is 6. The number of nitrogens with two attached hydrogens (primary N) is 1. The molecular formula is C11H16N4O4. The quantitative estimate of drug-likeness (QED) is 0.443. The van der Waals surface area contributed by atoms with Crippen LogP contribution in [-0.4, -0.2) is 40.4 Å². The van der Waals surface area contributed by atoms with Crippen molar-refractivity contribution >= 4 is 17.8 Å². The third kappa shape index (κ3) is 5.30. The van der Waals surface area contributed by atoms with E-state index >= 15 is 0 Å². The molecule has 0 saturated carbocycles. The molecule has 0 unspecified atom stereocenters. The van der Waals surface area contributed by atoms with E-state index in [1.54, 1.807) is 13.1 Å². The fourth-order valence-electron chi connectivity index (χ4n) is 1.25. The van der Waals surface area contributed by atoms with Gasteiger partial charge in [-0.3, -0.25) is 9.59 Å². The Labute approximate surface area is 109 Å². The lowest BCUT2D eigenvalue weighted by molar-refractivity contribution is -0.159. The molecule has 104 valence electrons. The molecule has 0 bridgehead atoms. The molecule has 0 aliphatic rings. The molecule has 19 heavy (non-hydrogen) atoms. The summed E-state index contributed by atoms with van der Waals surface area (Å²) in [6.07, 6.45) is 3.41. The molecule has 8 heteroatoms. The zero-order valence-electron chi connectivity index (χ0n) is 10.5. The van der Waals surface area contributed by atoms with Gasteiger partial charge in [0, 0.05) is 24.7 Å². The molecule has 8 nitrogen and oxygen atoms in total. The van der Waals surface area contributed by atoms with Crippen molar-refractivity contribution in [1.29, 1.82) is 0 Å². The number of amides is 1. The maximum Gasteiger partial charge on any atom is 0.333 e. The van der Waals surface area contributed by atoms with Gasteiger partial charge in [-0.15, -0.1) is 0 Å². The van der Waals surface area contributed by atoms with Crippen molar-refractivity contribution in [3.05, 3.63) is 18.2 Å². The average Bonchev–Trinajstić information content (AvgIpc) is 2.88. The van der Waals surface area contributed by atoms with E-state index in [1.807, 2.05) is 0 Å². The molecule has 1 heterocycles. The first-order valence-electron chi connectivity index (χ1n) is 5.77. The highest BCUT2D eigenvalue weighted by molar-refractivity contribution is 5.90. The predicted molar refractivity (Wildman–Crippen MR) is 64.7 cm³/mol. The third-order valence-corrected chi connectivity index (χ3v) is 2.25. The molecule has 4 N–H and O–H groups in total. The number of nitrogens with one attached hydrogen (secondary N) is 2. The van der Waals surface area contributed by atoms with Crippen molar-refractivity contribution in [3.63, 3.8) is 0 Å². The van der Waals surface area contributed by atoms with E-state index < -0.39 is 23.9 Å². The van der Waals surface area contributed by atoms with Crippen LogP contribution in [0.25, 0.3) is 0 Å². The third-order valence-electron chi connectivity index (χ3n) is 2.25. The maximum absolute atomic E-state index is 11.6. The van der Waals surface area contributed by atoms with Gasteiger partial charge in [-0.2, -0.15) is 0 Å². The van der Waals surface area contributed by atoms with Crippen LogP contribution in [0.2, 0.25) is 0 Å². The number of nitrogens with zero attached hydrogens (tertiary/aromatic N) is 1. The molecule has 0 spiro atoms. The Morgan fingerprint density at radius 1 is 1.47 bits per heavy atom. The van der Waals surface area contributed by atoms with E-state index in [-0.39, 0.29) is 19.4 Å². The summed E-state index contributed by atoms with van der Waals surface area (Å²) in [5, 5.41) is 2.30. The van der Waals surface area contributed by atoms with Gasteiger partial charge in [0.15, 0.2) is 0 Å². The van der Waals surface area contributed by atoms with Gasteiger partial charge in [-0.25, -0.2) is 9.78 Å². The molecule has 0 aliphatic heterocycles. The summed E-state index contributed by atoms with van der Waals surface area (Å²) < 4.78 is 4.39. The first-order valence-corrected chi connectivity index (χ1v) is 5.77. The van der Waals surface area contributed by atoms with Crippen LogP contribution in [0.15, 0.2) is 12.5 Å². The molecule has 1 aromatic rings. The van der Waals surface area contributed by atoms with Gasteiger partial charge in [0.05, 0.1) is 12.4 Å². The standard InChI is InChI=1S/C11H16N4O4/c1-2-9(16)19-10(17)5-14-11(18)8(12)3-7-4-13-6-15-7/h4,6,8H,2-3,5,12H2,1H3,(H,13,15)(H,14,18)/t8-/m0/s1. The Balaban J connectivity index is 2.30. The highest BCUT2D eigenvalue weighted by Gasteiger charge is 2.16. The van der Waals surface area contributed by atoms with Gasteiger partial charge in [0.1, 0.15) is 6.54 Å². The molecular weight excluding hydrogens is 252 g/mol. The second kappa shape index (κ2) is 7.27. The summed E-state index contributed by atoms with van der Waals surface area (Å²) >= 11 is 0. The van der Waals surface area contributed by atoms with Crippen LogP contribution in [0.3, 0.4) is 0 Å². The number of carbonyl (C=O) groups is 3. The molecule has 1 atom stereocenters. The van der Waals surface area contributed by atoms with E-state index in [4.69, 9.17) is 5.73 Å². The molecule has 0 aliphatic carbocycles. The molecule has 1 amide bonds. The van der Waals surface area contributed by atoms with Crippen LogP contribution >= 0.6 is 0 Å². The minimum absolute atomic E-state index is 0.0963. The zero-order valence-corrected chi connectivity index (χ0v) is 10.5. The number of carbonyl (C=O) groups excluding carboxylic acids is 3. The Bertz CT molecular complexity index is 444. The molecule has 1 aromatic heterocycles. The number of H-pyrrole nitrogens is 1. The van der Waals surface area contributed by atoms with Crippen molar-refractivity contribution < 1.29 is 19.1 Å². The number of esters is 2. The molecule has 1 rings (SSSR count). The van der Waals surface area contributed by atoms with Crippen LogP contribution in [0.1, 0.15) is 19.0 Å². The Morgan fingerprint density at radius 2 is 2.21 bits per heavy atom. The SMILES string of the molecule is CCC(=O)OC(=O)CNC(=O)[C@@H](N)Cc1cnc[nH]1. The van der Waals surface area contributed by atoms with Crippen LogP contribution in [0.4, 0.5) is 0 Å². The maximum atomic E-state index is 11.6. The summed E-state index contributed by atoms with van der Waals surface area (Å²) in [7, 11) is 0. The number of hydrogen-bond donors (Lipinski definition) is 3. The van der Waals surface area contributed by atoms with Crippen molar-refractivity contribution in [2.24, 2.45) is 5.73 Å². The highest BCUT2D eigenvalue weighted by Crippen LogP contribution is 1.96. The minimum atomic E-state index is -0.811. The number of aromatic amines is 1. The van der Waals surface area contributed by atoms with E-state index in [0.29, 0.717) is 5.69 Å². The van der Waals surface area contributed by atoms with Gasteiger partial charge >= 0.3 is 11.9 Å². The topological polar surface area (TPSA) is 127 Å². The predicted octanol–water partition coefficient (Wildman–Crippen LogP) is -1.12. The lowest BCUT2D eigenvalue weighted by Crippen LogP contribution is -2.44. The van der Waals surface area contributed by atoms with E-state index in [1.165, 1.54) is 6.33 Å². The van der Waals surface area contributed by atoms with E-state index in [2.05, 4.69) is 20.0 Å². The number of ether oxygens (including phenoxy) is 1. The lowest BCUT2D eigenvalue weighted by atomic mass is 10.1. The van der Waals surface area contributed by atoms with Crippen LogP contribution in [0.5, 0.6) is 0 Å². The Hall–Kier alpha value is -2.22. The first kappa shape index (κ1) is 14.8. The summed E-state index contributed by atoms with van der Waals surface area (Å²) in [4.78, 5) is 40.1. The van der Waals surface area contributed by atoms with Crippen molar-refractivity contribution in [2.75, 3.05) is 6.54 Å². The van der Waals surface area contributed by atoms with Crippen molar-refractivity contribution in [3.8, 4) is 0 Å². The summed E-state index contributed by atoms with van der Waals surface area (Å²) in [6.45, 7) is 1.18. The van der Waals surface area contributed by atoms with Gasteiger partial charge in [0.25, 0.3) is 0 Å². The first-order chi connectivity index (χ1) is 9.02. The largest absolute Gasteiger partial charge is 0.392 e. The normalized spacial score (nSPS) is 11.7. The van der Waals surface area contributed by atoms with Crippen LogP contribution in [-0.2, 0) is 25.5 Å². The minimum Gasteiger partial charge on any atom is -0.392 e.